The number of carbonyl (C=O) groups excluding carboxylic acids is 1. The summed E-state index contributed by atoms with van der Waals surface area (Å²) >= 11 is 19.2. The molecule has 0 spiro atoms. The van der Waals surface area contributed by atoms with E-state index in [9.17, 15) is 4.79 Å². The van der Waals surface area contributed by atoms with Crippen LogP contribution in [0, 0.1) is 0 Å². The third-order valence-corrected chi connectivity index (χ3v) is 6.36. The molecule has 0 aliphatic carbocycles. The van der Waals surface area contributed by atoms with Crippen molar-refractivity contribution in [3.05, 3.63) is 104 Å². The lowest BCUT2D eigenvalue weighted by atomic mass is 9.92. The average molecular weight is 561 g/mol. The molecule has 0 bridgehead atoms. The van der Waals surface area contributed by atoms with Gasteiger partial charge >= 0.3 is 0 Å². The maximum absolute atomic E-state index is 13.4. The van der Waals surface area contributed by atoms with Crippen molar-refractivity contribution in [1.29, 1.82) is 0 Å². The normalized spacial score (nSPS) is 12.5. The maximum atomic E-state index is 13.4. The molecule has 0 aromatic heterocycles. The minimum Gasteiger partial charge on any atom is -0.288 e. The third-order valence-electron chi connectivity index (χ3n) is 4.93. The molecule has 30 heavy (non-hydrogen) atoms. The maximum Gasteiger partial charge on any atom is 0.196 e. The van der Waals surface area contributed by atoms with Gasteiger partial charge in [0.25, 0.3) is 0 Å². The Morgan fingerprint density at radius 2 is 0.967 bits per heavy atom. The van der Waals surface area contributed by atoms with Gasteiger partial charge in [-0.05, 0) is 69.1 Å². The number of hydrogen-bond donors (Lipinski definition) is 0. The highest BCUT2D eigenvalue weighted by molar-refractivity contribution is 9.10. The van der Waals surface area contributed by atoms with Crippen LogP contribution < -0.4 is 0 Å². The second kappa shape index (κ2) is 9.07. The minimum atomic E-state index is -0.229. The number of halogens is 4. The Morgan fingerprint density at radius 3 is 1.37 bits per heavy atom. The summed E-state index contributed by atoms with van der Waals surface area (Å²) in [6, 6.07) is 23.6. The van der Waals surface area contributed by atoms with Crippen molar-refractivity contribution in [2.45, 2.75) is 0 Å². The van der Waals surface area contributed by atoms with Crippen molar-refractivity contribution in [1.82, 2.24) is 0 Å². The molecule has 0 unspecified atom stereocenters. The molecule has 4 aromatic carbocycles. The number of Topliss-reactive ketones (excluding diaryl/α,β-unsaturated/α-hetero) is 1. The molecule has 0 saturated carbocycles. The molecule has 0 heterocycles. The Hall–Kier alpha value is -1.91. The van der Waals surface area contributed by atoms with E-state index >= 15 is 0 Å². The van der Waals surface area contributed by atoms with Crippen LogP contribution in [0.1, 0.15) is 11.1 Å². The van der Waals surface area contributed by atoms with Crippen molar-refractivity contribution in [2.24, 2.45) is 0 Å². The first-order valence-electron chi connectivity index (χ1n) is 9.05. The van der Waals surface area contributed by atoms with Gasteiger partial charge in [-0.2, -0.15) is 0 Å². The molecule has 0 aliphatic heterocycles. The van der Waals surface area contributed by atoms with Crippen LogP contribution in [-0.2, 0) is 4.79 Å². The minimum absolute atomic E-state index is 0.229. The van der Waals surface area contributed by atoms with Gasteiger partial charge < -0.3 is 0 Å². The highest BCUT2D eigenvalue weighted by Gasteiger charge is 2.19. The summed E-state index contributed by atoms with van der Waals surface area (Å²) in [6.07, 6.45) is 0. The van der Waals surface area contributed by atoms with Gasteiger partial charge in [0.05, 0.1) is 0 Å². The monoisotopic (exact) mass is 558 g/mol. The predicted molar refractivity (Wildman–Crippen MR) is 136 cm³/mol. The molecule has 0 fully saturated rings. The topological polar surface area (TPSA) is 17.1 Å². The van der Waals surface area contributed by atoms with Crippen LogP contribution >= 0.6 is 55.1 Å². The molecule has 0 saturated heterocycles. The number of hydrogen-bond acceptors (Lipinski definition) is 1. The highest BCUT2D eigenvalue weighted by atomic mass is 79.9. The van der Waals surface area contributed by atoms with Gasteiger partial charge in [-0.1, -0.05) is 91.5 Å². The Balaban J connectivity index is 1.73. The summed E-state index contributed by atoms with van der Waals surface area (Å²) in [4.78, 5) is 13.4. The van der Waals surface area contributed by atoms with E-state index in [4.69, 9.17) is 23.2 Å². The van der Waals surface area contributed by atoms with Gasteiger partial charge in [0.15, 0.2) is 5.78 Å². The first kappa shape index (κ1) is 21.3. The lowest BCUT2D eigenvalue weighted by molar-refractivity contribution is -0.108. The summed E-state index contributed by atoms with van der Waals surface area (Å²) < 4.78 is 2.00. The molecule has 4 rings (SSSR count). The fourth-order valence-corrected chi connectivity index (χ4v) is 4.61. The molecule has 5 heteroatoms. The van der Waals surface area contributed by atoms with Crippen LogP contribution in [0.15, 0.2) is 92.8 Å². The van der Waals surface area contributed by atoms with Crippen LogP contribution in [-0.4, -0.2) is 5.78 Å². The SMILES string of the molecule is O=C(C(=CCl)c1ccc2cc(Br)ccc2c1)C(=CCl)c1ccc2cc(Br)ccc2c1. The lowest BCUT2D eigenvalue weighted by Gasteiger charge is -2.11. The second-order valence-corrected chi connectivity index (χ2v) is 9.05. The van der Waals surface area contributed by atoms with Gasteiger partial charge in [-0.15, -0.1) is 0 Å². The number of fused-ring (bicyclic) bond motifs is 2. The molecule has 0 amide bonds. The summed E-state index contributed by atoms with van der Waals surface area (Å²) in [5.74, 6) is -0.229. The first-order chi connectivity index (χ1) is 14.5. The van der Waals surface area contributed by atoms with Crippen molar-refractivity contribution >= 4 is 93.5 Å². The number of allylic oxidation sites excluding steroid dienone is 2. The summed E-state index contributed by atoms with van der Waals surface area (Å²) in [6.45, 7) is 0. The van der Waals surface area contributed by atoms with Crippen LogP contribution in [0.5, 0.6) is 0 Å². The highest BCUT2D eigenvalue weighted by Crippen LogP contribution is 2.31. The fraction of sp³-hybridized carbons (Fsp3) is 0. The Labute approximate surface area is 201 Å². The predicted octanol–water partition coefficient (Wildman–Crippen LogP) is 8.95. The lowest BCUT2D eigenvalue weighted by Crippen LogP contribution is -2.05. The molecule has 4 aromatic rings. The number of benzene rings is 4. The zero-order valence-corrected chi connectivity index (χ0v) is 20.2. The molecule has 0 aliphatic rings. The second-order valence-electron chi connectivity index (χ2n) is 6.79. The quantitative estimate of drug-likeness (QED) is 0.228. The van der Waals surface area contributed by atoms with Gasteiger partial charge in [-0.25, -0.2) is 0 Å². The number of carbonyl (C=O) groups is 1. The van der Waals surface area contributed by atoms with E-state index in [1.807, 2.05) is 72.8 Å². The Morgan fingerprint density at radius 1 is 0.600 bits per heavy atom. The fourth-order valence-electron chi connectivity index (χ4n) is 3.40. The zero-order valence-electron chi connectivity index (χ0n) is 15.5. The van der Waals surface area contributed by atoms with Gasteiger partial charge in [0.1, 0.15) is 0 Å². The zero-order chi connectivity index (χ0) is 21.3. The van der Waals surface area contributed by atoms with Gasteiger partial charge in [0.2, 0.25) is 0 Å². The summed E-state index contributed by atoms with van der Waals surface area (Å²) in [7, 11) is 0. The van der Waals surface area contributed by atoms with Crippen LogP contribution in [0.4, 0.5) is 0 Å². The van der Waals surface area contributed by atoms with Crippen LogP contribution in [0.2, 0.25) is 0 Å². The van der Waals surface area contributed by atoms with Crippen LogP contribution in [0.3, 0.4) is 0 Å². The summed E-state index contributed by atoms with van der Waals surface area (Å²) in [5.41, 5.74) is 4.91. The standard InChI is InChI=1S/C25H14Br2Cl2O/c26-21-7-5-15-9-19(3-1-17(15)11-21)23(13-28)25(30)24(14-29)20-4-2-18-12-22(27)8-6-16(18)10-20/h1-14H. The molecule has 0 N–H and O–H groups in total. The number of ketones is 1. The average Bonchev–Trinajstić information content (AvgIpc) is 2.75. The van der Waals surface area contributed by atoms with E-state index in [0.717, 1.165) is 41.6 Å². The van der Waals surface area contributed by atoms with Gasteiger partial charge in [-0.3, -0.25) is 4.79 Å². The Bertz CT molecular complexity index is 1250. The van der Waals surface area contributed by atoms with Crippen molar-refractivity contribution in [2.75, 3.05) is 0 Å². The van der Waals surface area contributed by atoms with Gasteiger partial charge in [0, 0.05) is 31.2 Å². The van der Waals surface area contributed by atoms with E-state index in [1.165, 1.54) is 11.1 Å². The largest absolute Gasteiger partial charge is 0.288 e. The van der Waals surface area contributed by atoms with Crippen molar-refractivity contribution in [3.63, 3.8) is 0 Å². The molecule has 0 atom stereocenters. The van der Waals surface area contributed by atoms with E-state index in [2.05, 4.69) is 31.9 Å². The Kier molecular flexibility index (Phi) is 6.45. The number of rotatable bonds is 4. The van der Waals surface area contributed by atoms with E-state index in [0.29, 0.717) is 11.1 Å². The molecule has 148 valence electrons. The summed E-state index contributed by atoms with van der Waals surface area (Å²) in [5, 5.41) is 4.19. The van der Waals surface area contributed by atoms with Crippen molar-refractivity contribution in [3.8, 4) is 0 Å². The van der Waals surface area contributed by atoms with E-state index in [-0.39, 0.29) is 5.78 Å². The third kappa shape index (κ3) is 4.26. The van der Waals surface area contributed by atoms with E-state index in [1.54, 1.807) is 0 Å². The smallest absolute Gasteiger partial charge is 0.196 e. The molecular formula is C25H14Br2Cl2O. The van der Waals surface area contributed by atoms with E-state index < -0.39 is 0 Å². The van der Waals surface area contributed by atoms with Crippen molar-refractivity contribution < 1.29 is 4.79 Å². The molecule has 1 nitrogen and oxygen atoms in total. The van der Waals surface area contributed by atoms with Crippen LogP contribution in [0.25, 0.3) is 32.7 Å². The molecular weight excluding hydrogens is 547 g/mol. The molecule has 0 radical (unpaired) electrons. The first-order valence-corrected chi connectivity index (χ1v) is 11.5.